The average molecular weight is 426 g/mol. The topological polar surface area (TPSA) is 37.0 Å². The molecule has 2 aromatic rings. The first-order valence-corrected chi connectivity index (χ1v) is 7.61. The Kier molecular flexibility index (Phi) is 4.95. The molecule has 0 radical (unpaired) electrons. The molecule has 2 N–H and O–H groups in total. The largest absolute Gasteiger partial charge is 0.372 e. The van der Waals surface area contributed by atoms with Crippen LogP contribution in [-0.2, 0) is 0 Å². The number of hydrogen-bond acceptors (Lipinski definition) is 3. The van der Waals surface area contributed by atoms with E-state index in [2.05, 4.69) is 47.5 Å². The molecule has 0 amide bonds. The number of benzene rings is 1. The Balaban J connectivity index is 2.37. The molecule has 0 spiro atoms. The highest BCUT2D eigenvalue weighted by atomic mass is 79.9. The maximum Gasteiger partial charge on any atom is 0.151 e. The molecular formula is C12H9Br2Cl2N3. The van der Waals surface area contributed by atoms with Crippen molar-refractivity contribution in [3.8, 4) is 0 Å². The van der Waals surface area contributed by atoms with Gasteiger partial charge < -0.3 is 10.6 Å². The third-order valence-corrected chi connectivity index (χ3v) is 4.08. The van der Waals surface area contributed by atoms with Crippen LogP contribution in [0.4, 0.5) is 17.3 Å². The number of anilines is 3. The highest BCUT2D eigenvalue weighted by molar-refractivity contribution is 9.11. The second-order valence-corrected chi connectivity index (χ2v) is 6.23. The number of halogens is 4. The van der Waals surface area contributed by atoms with E-state index in [1.807, 2.05) is 18.2 Å². The van der Waals surface area contributed by atoms with E-state index < -0.39 is 0 Å². The minimum Gasteiger partial charge on any atom is -0.372 e. The quantitative estimate of drug-likeness (QED) is 0.662. The van der Waals surface area contributed by atoms with E-state index in [9.17, 15) is 0 Å². The van der Waals surface area contributed by atoms with Crippen LogP contribution in [-0.4, -0.2) is 12.0 Å². The van der Waals surface area contributed by atoms with Crippen molar-refractivity contribution in [2.24, 2.45) is 0 Å². The summed E-state index contributed by atoms with van der Waals surface area (Å²) in [5, 5.41) is 7.01. The van der Waals surface area contributed by atoms with Gasteiger partial charge in [-0.25, -0.2) is 4.98 Å². The van der Waals surface area contributed by atoms with Crippen molar-refractivity contribution in [1.82, 2.24) is 4.98 Å². The zero-order chi connectivity index (χ0) is 14.0. The molecule has 0 aliphatic carbocycles. The molecule has 100 valence electrons. The normalized spacial score (nSPS) is 10.4. The predicted molar refractivity (Wildman–Crippen MR) is 88.9 cm³/mol. The lowest BCUT2D eigenvalue weighted by atomic mass is 10.3. The predicted octanol–water partition coefficient (Wildman–Crippen LogP) is 5.70. The number of hydrogen-bond donors (Lipinski definition) is 2. The van der Waals surface area contributed by atoms with Gasteiger partial charge in [0.05, 0.1) is 15.7 Å². The standard InChI is InChI=1S/C12H9Br2Cl2N3/c1-17-11-8(15)5-9(16)12(19-11)18-10-3-2-6(13)4-7(10)14/h2-5H,1H3,(H2,17,18,19). The first kappa shape index (κ1) is 14.9. The van der Waals surface area contributed by atoms with Crippen LogP contribution in [0.25, 0.3) is 0 Å². The first-order valence-electron chi connectivity index (χ1n) is 5.27. The van der Waals surface area contributed by atoms with Crippen molar-refractivity contribution < 1.29 is 0 Å². The fourth-order valence-electron chi connectivity index (χ4n) is 1.45. The Morgan fingerprint density at radius 2 is 1.74 bits per heavy atom. The summed E-state index contributed by atoms with van der Waals surface area (Å²) >= 11 is 19.0. The smallest absolute Gasteiger partial charge is 0.151 e. The van der Waals surface area contributed by atoms with Crippen molar-refractivity contribution in [2.45, 2.75) is 0 Å². The zero-order valence-electron chi connectivity index (χ0n) is 9.77. The fourth-order valence-corrected chi connectivity index (χ4v) is 3.09. The molecule has 2 rings (SSSR count). The van der Waals surface area contributed by atoms with Crippen LogP contribution < -0.4 is 10.6 Å². The van der Waals surface area contributed by atoms with E-state index in [1.165, 1.54) is 0 Å². The van der Waals surface area contributed by atoms with Crippen LogP contribution in [0.3, 0.4) is 0 Å². The van der Waals surface area contributed by atoms with Crippen molar-refractivity contribution in [1.29, 1.82) is 0 Å². The summed E-state index contributed by atoms with van der Waals surface area (Å²) in [4.78, 5) is 4.33. The molecule has 7 heteroatoms. The van der Waals surface area contributed by atoms with Crippen LogP contribution in [0, 0.1) is 0 Å². The summed E-state index contributed by atoms with van der Waals surface area (Å²) < 4.78 is 1.89. The van der Waals surface area contributed by atoms with E-state index in [0.717, 1.165) is 14.6 Å². The molecule has 0 saturated heterocycles. The SMILES string of the molecule is CNc1nc(Nc2ccc(Br)cc2Br)c(Cl)cc1Cl. The van der Waals surface area contributed by atoms with Gasteiger partial charge in [0.15, 0.2) is 5.82 Å². The molecule has 0 aliphatic rings. The zero-order valence-corrected chi connectivity index (χ0v) is 14.5. The van der Waals surface area contributed by atoms with Crippen molar-refractivity contribution in [3.05, 3.63) is 43.3 Å². The molecule has 1 aromatic heterocycles. The van der Waals surface area contributed by atoms with Crippen LogP contribution in [0.1, 0.15) is 0 Å². The summed E-state index contributed by atoms with van der Waals surface area (Å²) in [6, 6.07) is 7.43. The van der Waals surface area contributed by atoms with Crippen molar-refractivity contribution in [3.63, 3.8) is 0 Å². The van der Waals surface area contributed by atoms with Gasteiger partial charge in [0.1, 0.15) is 5.82 Å². The summed E-state index contributed by atoms with van der Waals surface area (Å²) in [6.45, 7) is 0. The van der Waals surface area contributed by atoms with Gasteiger partial charge in [-0.2, -0.15) is 0 Å². The summed E-state index contributed by atoms with van der Waals surface area (Å²) in [7, 11) is 1.75. The van der Waals surface area contributed by atoms with Crippen LogP contribution >= 0.6 is 55.1 Å². The van der Waals surface area contributed by atoms with E-state index in [-0.39, 0.29) is 0 Å². The lowest BCUT2D eigenvalue weighted by Gasteiger charge is -2.12. The highest BCUT2D eigenvalue weighted by Crippen LogP contribution is 2.33. The molecule has 0 aliphatic heterocycles. The highest BCUT2D eigenvalue weighted by Gasteiger charge is 2.10. The van der Waals surface area contributed by atoms with Gasteiger partial charge in [-0.15, -0.1) is 0 Å². The van der Waals surface area contributed by atoms with Gasteiger partial charge in [0.2, 0.25) is 0 Å². The summed E-state index contributed by atoms with van der Waals surface area (Å²) in [5.74, 6) is 1.11. The minimum absolute atomic E-state index is 0.457. The fraction of sp³-hybridized carbons (Fsp3) is 0.0833. The monoisotopic (exact) mass is 423 g/mol. The molecule has 0 bridgehead atoms. The number of nitrogens with zero attached hydrogens (tertiary/aromatic N) is 1. The summed E-state index contributed by atoms with van der Waals surface area (Å²) in [5.41, 5.74) is 0.863. The Morgan fingerprint density at radius 3 is 2.37 bits per heavy atom. The van der Waals surface area contributed by atoms with Gasteiger partial charge in [0.25, 0.3) is 0 Å². The maximum absolute atomic E-state index is 6.13. The lowest BCUT2D eigenvalue weighted by Crippen LogP contribution is -2.00. The minimum atomic E-state index is 0.457. The Hall–Kier alpha value is -0.490. The molecule has 1 aromatic carbocycles. The number of nitrogens with one attached hydrogen (secondary N) is 2. The molecule has 1 heterocycles. The van der Waals surface area contributed by atoms with Crippen LogP contribution in [0.5, 0.6) is 0 Å². The van der Waals surface area contributed by atoms with Crippen LogP contribution in [0.15, 0.2) is 33.2 Å². The van der Waals surface area contributed by atoms with Crippen molar-refractivity contribution in [2.75, 3.05) is 17.7 Å². The molecular weight excluding hydrogens is 417 g/mol. The first-order chi connectivity index (χ1) is 9.01. The Bertz CT molecular complexity index is 620. The molecule has 0 atom stereocenters. The van der Waals surface area contributed by atoms with E-state index in [0.29, 0.717) is 21.7 Å². The average Bonchev–Trinajstić information content (AvgIpc) is 2.35. The number of rotatable bonds is 3. The Morgan fingerprint density at radius 1 is 1.05 bits per heavy atom. The van der Waals surface area contributed by atoms with E-state index >= 15 is 0 Å². The number of pyridine rings is 1. The van der Waals surface area contributed by atoms with Gasteiger partial charge in [-0.1, -0.05) is 39.1 Å². The van der Waals surface area contributed by atoms with Crippen molar-refractivity contribution >= 4 is 72.4 Å². The second-order valence-electron chi connectivity index (χ2n) is 3.65. The van der Waals surface area contributed by atoms with Gasteiger partial charge in [0, 0.05) is 16.0 Å². The van der Waals surface area contributed by atoms with E-state index in [1.54, 1.807) is 13.1 Å². The molecule has 0 unspecified atom stereocenters. The number of aromatic nitrogens is 1. The second kappa shape index (κ2) is 6.31. The van der Waals surface area contributed by atoms with Crippen LogP contribution in [0.2, 0.25) is 10.0 Å². The maximum atomic E-state index is 6.13. The third-order valence-electron chi connectivity index (χ3n) is 2.35. The van der Waals surface area contributed by atoms with Gasteiger partial charge in [-0.3, -0.25) is 0 Å². The third kappa shape index (κ3) is 3.54. The molecule has 0 saturated carbocycles. The van der Waals surface area contributed by atoms with E-state index in [4.69, 9.17) is 23.2 Å². The lowest BCUT2D eigenvalue weighted by molar-refractivity contribution is 1.27. The molecule has 19 heavy (non-hydrogen) atoms. The van der Waals surface area contributed by atoms with Gasteiger partial charge in [-0.05, 0) is 40.2 Å². The Labute approximate surface area is 138 Å². The summed E-state index contributed by atoms with van der Waals surface area (Å²) in [6.07, 6.45) is 0. The van der Waals surface area contributed by atoms with Gasteiger partial charge >= 0.3 is 0 Å². The molecule has 3 nitrogen and oxygen atoms in total. The molecule has 0 fully saturated rings.